The highest BCUT2D eigenvalue weighted by molar-refractivity contribution is 5.75. The maximum Gasteiger partial charge on any atom is 0.416 e. The fraction of sp³-hybridized carbons (Fsp3) is 0.462. The summed E-state index contributed by atoms with van der Waals surface area (Å²) in [5.74, 6) is -0.492. The number of alkyl halides is 6. The Morgan fingerprint density at radius 3 is 2.21 bits per heavy atom. The average molecular weight is 564 g/mol. The van der Waals surface area contributed by atoms with Crippen molar-refractivity contribution in [3.05, 3.63) is 70.0 Å². The van der Waals surface area contributed by atoms with E-state index in [1.54, 1.807) is 13.8 Å². The molecular weight excluding hydrogens is 535 g/mol. The molecule has 1 heterocycles. The molecule has 13 heteroatoms. The number of alkyl carbamates (subject to hydrolysis) is 1. The lowest BCUT2D eigenvalue weighted by molar-refractivity contribution is -0.143. The van der Waals surface area contributed by atoms with E-state index in [0.717, 1.165) is 4.90 Å². The highest BCUT2D eigenvalue weighted by Crippen LogP contribution is 2.37. The van der Waals surface area contributed by atoms with Gasteiger partial charge in [0.2, 0.25) is 0 Å². The van der Waals surface area contributed by atoms with Crippen LogP contribution in [-0.2, 0) is 23.6 Å². The van der Waals surface area contributed by atoms with Crippen molar-refractivity contribution in [1.82, 2.24) is 15.1 Å². The zero-order valence-electron chi connectivity index (χ0n) is 21.4. The van der Waals surface area contributed by atoms with E-state index in [1.807, 2.05) is 0 Å². The second-order valence-corrected chi connectivity index (χ2v) is 9.35. The Kier molecular flexibility index (Phi) is 9.01. The Morgan fingerprint density at radius 2 is 1.67 bits per heavy atom. The Hall–Kier alpha value is -3.51. The minimum absolute atomic E-state index is 0.0278. The van der Waals surface area contributed by atoms with Gasteiger partial charge in [-0.2, -0.15) is 26.3 Å². The molecule has 2 aromatic rings. The molecule has 214 valence electrons. The molecule has 0 aliphatic carbocycles. The molecule has 0 aromatic heterocycles. The average Bonchev–Trinajstić information content (AvgIpc) is 2.82. The molecule has 6 nitrogen and oxygen atoms in total. The number of ether oxygens (including phenoxy) is 1. The number of hydrogen-bond acceptors (Lipinski definition) is 3. The van der Waals surface area contributed by atoms with E-state index in [1.165, 1.54) is 30.1 Å². The van der Waals surface area contributed by atoms with E-state index in [4.69, 9.17) is 4.74 Å². The molecule has 0 bridgehead atoms. The van der Waals surface area contributed by atoms with Gasteiger partial charge in [0.25, 0.3) is 0 Å². The van der Waals surface area contributed by atoms with Gasteiger partial charge in [-0.25, -0.2) is 14.0 Å². The van der Waals surface area contributed by atoms with E-state index in [-0.39, 0.29) is 31.2 Å². The normalized spacial score (nSPS) is 18.1. The van der Waals surface area contributed by atoms with Gasteiger partial charge in [0.15, 0.2) is 0 Å². The summed E-state index contributed by atoms with van der Waals surface area (Å²) in [6.07, 6.45) is -10.1. The van der Waals surface area contributed by atoms with Crippen LogP contribution in [-0.4, -0.2) is 48.2 Å². The van der Waals surface area contributed by atoms with Gasteiger partial charge in [-0.05, 0) is 73.7 Å². The van der Waals surface area contributed by atoms with Crippen molar-refractivity contribution < 1.29 is 45.1 Å². The first-order chi connectivity index (χ1) is 18.1. The summed E-state index contributed by atoms with van der Waals surface area (Å²) in [4.78, 5) is 27.9. The Labute approximate surface area is 220 Å². The highest BCUT2D eigenvalue weighted by Gasteiger charge is 2.38. The largest absolute Gasteiger partial charge is 0.450 e. The number of rotatable bonds is 5. The molecule has 1 saturated heterocycles. The minimum Gasteiger partial charge on any atom is -0.450 e. The van der Waals surface area contributed by atoms with Gasteiger partial charge in [-0.1, -0.05) is 6.07 Å². The third-order valence-electron chi connectivity index (χ3n) is 6.43. The number of likely N-dealkylation sites (tertiary alicyclic amines) is 1. The van der Waals surface area contributed by atoms with Crippen molar-refractivity contribution in [2.24, 2.45) is 0 Å². The van der Waals surface area contributed by atoms with E-state index < -0.39 is 60.0 Å². The van der Waals surface area contributed by atoms with Gasteiger partial charge in [0.05, 0.1) is 23.8 Å². The Balaban J connectivity index is 1.89. The summed E-state index contributed by atoms with van der Waals surface area (Å²) < 4.78 is 98.4. The van der Waals surface area contributed by atoms with Crippen molar-refractivity contribution >= 4 is 12.1 Å². The molecule has 1 fully saturated rings. The summed E-state index contributed by atoms with van der Waals surface area (Å²) in [5, 5.41) is 2.72. The summed E-state index contributed by atoms with van der Waals surface area (Å²) in [7, 11) is 1.27. The summed E-state index contributed by atoms with van der Waals surface area (Å²) in [6.45, 7) is 3.03. The summed E-state index contributed by atoms with van der Waals surface area (Å²) in [5.41, 5.74) is -2.17. The smallest absolute Gasteiger partial charge is 0.416 e. The topological polar surface area (TPSA) is 61.9 Å². The van der Waals surface area contributed by atoms with Crippen LogP contribution in [0, 0.1) is 12.7 Å². The molecule has 0 spiro atoms. The first kappa shape index (κ1) is 30.0. The number of nitrogens with zero attached hydrogens (tertiary/aromatic N) is 2. The van der Waals surface area contributed by atoms with E-state index in [0.29, 0.717) is 29.7 Å². The Morgan fingerprint density at radius 1 is 1.05 bits per heavy atom. The zero-order chi connectivity index (χ0) is 29.1. The van der Waals surface area contributed by atoms with E-state index in [2.05, 4.69) is 5.32 Å². The van der Waals surface area contributed by atoms with Gasteiger partial charge >= 0.3 is 24.5 Å². The number of carbonyl (C=O) groups excluding carboxylic acids is 2. The van der Waals surface area contributed by atoms with Crippen molar-refractivity contribution in [1.29, 1.82) is 0 Å². The first-order valence-electron chi connectivity index (χ1n) is 12.1. The minimum atomic E-state index is -5.02. The van der Waals surface area contributed by atoms with Gasteiger partial charge in [0, 0.05) is 26.2 Å². The maximum atomic E-state index is 13.8. The molecule has 1 aliphatic heterocycles. The molecule has 2 atom stereocenters. The van der Waals surface area contributed by atoms with E-state index in [9.17, 15) is 40.3 Å². The van der Waals surface area contributed by atoms with Crippen LogP contribution in [0.1, 0.15) is 53.6 Å². The first-order valence-corrected chi connectivity index (χ1v) is 12.1. The predicted octanol–water partition coefficient (Wildman–Crippen LogP) is 6.68. The number of halogens is 7. The third-order valence-corrected chi connectivity index (χ3v) is 6.43. The fourth-order valence-corrected chi connectivity index (χ4v) is 4.64. The lowest BCUT2D eigenvalue weighted by Gasteiger charge is -2.42. The van der Waals surface area contributed by atoms with Gasteiger partial charge in [0.1, 0.15) is 5.82 Å². The van der Waals surface area contributed by atoms with Crippen LogP contribution in [0.15, 0.2) is 36.4 Å². The number of aryl methyl sites for hydroxylation is 1. The number of hydrogen-bond donors (Lipinski definition) is 1. The number of carbonyl (C=O) groups is 2. The van der Waals surface area contributed by atoms with Gasteiger partial charge in [-0.15, -0.1) is 0 Å². The number of piperidine rings is 1. The second kappa shape index (κ2) is 11.7. The fourth-order valence-electron chi connectivity index (χ4n) is 4.64. The Bertz CT molecular complexity index is 1170. The number of nitrogens with one attached hydrogen (secondary N) is 1. The predicted molar refractivity (Wildman–Crippen MR) is 127 cm³/mol. The van der Waals surface area contributed by atoms with Gasteiger partial charge in [-0.3, -0.25) is 0 Å². The van der Waals surface area contributed by atoms with Crippen LogP contribution in [0.3, 0.4) is 0 Å². The molecule has 1 N–H and O–H groups in total. The van der Waals surface area contributed by atoms with E-state index >= 15 is 0 Å². The van der Waals surface area contributed by atoms with Crippen LogP contribution in [0.5, 0.6) is 0 Å². The number of amides is 3. The van der Waals surface area contributed by atoms with Crippen molar-refractivity contribution in [2.45, 2.75) is 57.7 Å². The summed E-state index contributed by atoms with van der Waals surface area (Å²) in [6, 6.07) is 3.49. The van der Waals surface area contributed by atoms with Crippen LogP contribution < -0.4 is 5.32 Å². The molecular formula is C26H28F7N3O3. The number of benzene rings is 2. The van der Waals surface area contributed by atoms with Crippen LogP contribution in [0.25, 0.3) is 0 Å². The van der Waals surface area contributed by atoms with Crippen molar-refractivity contribution in [2.75, 3.05) is 20.2 Å². The van der Waals surface area contributed by atoms with Crippen molar-refractivity contribution in [3.8, 4) is 0 Å². The molecule has 39 heavy (non-hydrogen) atoms. The molecule has 2 aromatic carbocycles. The van der Waals surface area contributed by atoms with Crippen LogP contribution >= 0.6 is 0 Å². The zero-order valence-corrected chi connectivity index (χ0v) is 21.4. The SMILES string of the molecule is CCOC(=O)N[C@@H]1CCN(C(=O)N(C)Cc2cc(C(F)(F)F)cc(C(F)(F)F)c2)[C@H](c2ccc(F)cc2C)C1. The third kappa shape index (κ3) is 7.54. The van der Waals surface area contributed by atoms with Crippen LogP contribution in [0.4, 0.5) is 40.3 Å². The molecule has 0 radical (unpaired) electrons. The lowest BCUT2D eigenvalue weighted by atomic mass is 9.89. The molecule has 0 saturated carbocycles. The molecule has 1 aliphatic rings. The molecule has 3 amide bonds. The van der Waals surface area contributed by atoms with Crippen LogP contribution in [0.2, 0.25) is 0 Å². The molecule has 3 rings (SSSR count). The quantitative estimate of drug-likeness (QED) is 0.413. The molecule has 0 unspecified atom stereocenters. The van der Waals surface area contributed by atoms with Crippen molar-refractivity contribution in [3.63, 3.8) is 0 Å². The monoisotopic (exact) mass is 563 g/mol. The second-order valence-electron chi connectivity index (χ2n) is 9.35. The number of urea groups is 1. The standard InChI is InChI=1S/C26H28F7N3O3/c1-4-39-23(37)34-20-7-8-36(22(13-20)21-6-5-19(27)9-15(21)2)24(38)35(3)14-16-10-17(25(28,29)30)12-18(11-16)26(31,32)33/h5-6,9-12,20,22H,4,7-8,13-14H2,1-3H3,(H,34,37)/t20-,22+/m1/s1. The lowest BCUT2D eigenvalue weighted by Crippen LogP contribution is -2.51. The van der Waals surface area contributed by atoms with Gasteiger partial charge < -0.3 is 19.9 Å². The maximum absolute atomic E-state index is 13.8. The highest BCUT2D eigenvalue weighted by atomic mass is 19.4. The summed E-state index contributed by atoms with van der Waals surface area (Å²) >= 11 is 0.